The maximum absolute atomic E-state index is 14.5. The summed E-state index contributed by atoms with van der Waals surface area (Å²) in [5, 5.41) is 3.31. The quantitative estimate of drug-likeness (QED) is 0.857. The van der Waals surface area contributed by atoms with Crippen LogP contribution in [0.5, 0.6) is 0 Å². The highest BCUT2D eigenvalue weighted by atomic mass is 19.1. The van der Waals surface area contributed by atoms with Gasteiger partial charge >= 0.3 is 7.12 Å². The van der Waals surface area contributed by atoms with Crippen LogP contribution in [0.25, 0.3) is 0 Å². The molecule has 0 aromatic heterocycles. The first-order valence-electron chi connectivity index (χ1n) is 8.35. The fraction of sp³-hybridized carbons (Fsp3) is 0.647. The van der Waals surface area contributed by atoms with Crippen LogP contribution in [0.4, 0.5) is 4.39 Å². The van der Waals surface area contributed by atoms with Gasteiger partial charge in [0.25, 0.3) is 0 Å². The molecule has 2 aliphatic heterocycles. The molecule has 0 radical (unpaired) electrons. The summed E-state index contributed by atoms with van der Waals surface area (Å²) >= 11 is 0. The predicted octanol–water partition coefficient (Wildman–Crippen LogP) is 1.53. The fourth-order valence-corrected chi connectivity index (χ4v) is 2.93. The molecule has 0 bridgehead atoms. The monoisotopic (exact) mass is 320 g/mol. The number of nitrogens with zero attached hydrogens (tertiary/aromatic N) is 1. The van der Waals surface area contributed by atoms with Gasteiger partial charge in [-0.05, 0) is 39.2 Å². The van der Waals surface area contributed by atoms with Crippen LogP contribution < -0.4 is 10.8 Å². The third kappa shape index (κ3) is 3.45. The molecule has 126 valence electrons. The van der Waals surface area contributed by atoms with E-state index in [0.717, 1.165) is 37.2 Å². The van der Waals surface area contributed by atoms with Gasteiger partial charge in [-0.3, -0.25) is 4.90 Å². The molecule has 0 atom stereocenters. The largest absolute Gasteiger partial charge is 0.494 e. The van der Waals surface area contributed by atoms with E-state index >= 15 is 0 Å². The molecule has 2 saturated heterocycles. The van der Waals surface area contributed by atoms with E-state index in [-0.39, 0.29) is 5.82 Å². The lowest BCUT2D eigenvalue weighted by Gasteiger charge is -2.32. The van der Waals surface area contributed by atoms with Gasteiger partial charge in [-0.2, -0.15) is 0 Å². The number of halogens is 1. The van der Waals surface area contributed by atoms with E-state index in [0.29, 0.717) is 6.54 Å². The SMILES string of the molecule is CC1(C)OB(c2ccc(CN3CCNCC3)c(F)c2)OC1(C)C. The zero-order valence-electron chi connectivity index (χ0n) is 14.5. The van der Waals surface area contributed by atoms with Crippen LogP contribution in [0.2, 0.25) is 0 Å². The average molecular weight is 320 g/mol. The fourth-order valence-electron chi connectivity index (χ4n) is 2.93. The highest BCUT2D eigenvalue weighted by molar-refractivity contribution is 6.62. The van der Waals surface area contributed by atoms with Crippen molar-refractivity contribution in [2.45, 2.75) is 45.4 Å². The molecular formula is C17H26BFN2O2. The molecule has 4 nitrogen and oxygen atoms in total. The second-order valence-corrected chi connectivity index (χ2v) is 7.47. The lowest BCUT2D eigenvalue weighted by molar-refractivity contribution is 0.00578. The van der Waals surface area contributed by atoms with Crippen molar-refractivity contribution >= 4 is 12.6 Å². The van der Waals surface area contributed by atoms with Crippen molar-refractivity contribution < 1.29 is 13.7 Å². The molecule has 1 N–H and O–H groups in total. The zero-order valence-corrected chi connectivity index (χ0v) is 14.5. The van der Waals surface area contributed by atoms with Crippen molar-refractivity contribution in [2.75, 3.05) is 26.2 Å². The first kappa shape index (κ1) is 16.9. The standard InChI is InChI=1S/C17H26BFN2O2/c1-16(2)17(3,4)23-18(22-16)14-6-5-13(15(19)11-14)12-21-9-7-20-8-10-21/h5-6,11,20H,7-10,12H2,1-4H3. The van der Waals surface area contributed by atoms with E-state index in [1.54, 1.807) is 6.07 Å². The van der Waals surface area contributed by atoms with E-state index < -0.39 is 18.3 Å². The van der Waals surface area contributed by atoms with E-state index in [9.17, 15) is 4.39 Å². The summed E-state index contributed by atoms with van der Waals surface area (Å²) in [6.45, 7) is 12.5. The van der Waals surface area contributed by atoms with Crippen LogP contribution in [0, 0.1) is 5.82 Å². The molecule has 3 rings (SSSR count). The molecule has 2 heterocycles. The third-order valence-electron chi connectivity index (χ3n) is 5.21. The van der Waals surface area contributed by atoms with Crippen molar-refractivity contribution in [1.82, 2.24) is 10.2 Å². The van der Waals surface area contributed by atoms with Gasteiger partial charge < -0.3 is 14.6 Å². The van der Waals surface area contributed by atoms with Crippen LogP contribution in [0.1, 0.15) is 33.3 Å². The molecule has 0 unspecified atom stereocenters. The predicted molar refractivity (Wildman–Crippen MR) is 90.3 cm³/mol. The van der Waals surface area contributed by atoms with Gasteiger partial charge in [-0.1, -0.05) is 12.1 Å². The summed E-state index contributed by atoms with van der Waals surface area (Å²) < 4.78 is 26.5. The average Bonchev–Trinajstić information content (AvgIpc) is 2.71. The Labute approximate surface area is 138 Å². The van der Waals surface area contributed by atoms with Gasteiger partial charge in [0.15, 0.2) is 0 Å². The molecule has 0 saturated carbocycles. The van der Waals surface area contributed by atoms with Gasteiger partial charge in [-0.25, -0.2) is 4.39 Å². The Bertz CT molecular complexity index is 558. The minimum absolute atomic E-state index is 0.184. The molecule has 1 aromatic carbocycles. The van der Waals surface area contributed by atoms with E-state index in [2.05, 4.69) is 10.2 Å². The Kier molecular flexibility index (Phi) is 4.53. The first-order valence-corrected chi connectivity index (χ1v) is 8.35. The van der Waals surface area contributed by atoms with Crippen molar-refractivity contribution in [2.24, 2.45) is 0 Å². The number of rotatable bonds is 3. The molecular weight excluding hydrogens is 294 g/mol. The second-order valence-electron chi connectivity index (χ2n) is 7.47. The van der Waals surface area contributed by atoms with Crippen LogP contribution in [-0.4, -0.2) is 49.4 Å². The van der Waals surface area contributed by atoms with E-state index in [4.69, 9.17) is 9.31 Å². The topological polar surface area (TPSA) is 33.7 Å². The Morgan fingerprint density at radius 2 is 1.74 bits per heavy atom. The molecule has 6 heteroatoms. The summed E-state index contributed by atoms with van der Waals surface area (Å²) in [5.74, 6) is -0.184. The van der Waals surface area contributed by atoms with Crippen LogP contribution in [0.3, 0.4) is 0 Å². The molecule has 2 aliphatic rings. The molecule has 1 aromatic rings. The van der Waals surface area contributed by atoms with Crippen LogP contribution in [-0.2, 0) is 15.9 Å². The lowest BCUT2D eigenvalue weighted by Crippen LogP contribution is -2.43. The zero-order chi connectivity index (χ0) is 16.7. The third-order valence-corrected chi connectivity index (χ3v) is 5.21. The van der Waals surface area contributed by atoms with Gasteiger partial charge in [0.05, 0.1) is 11.2 Å². The minimum atomic E-state index is -0.511. The number of hydrogen-bond acceptors (Lipinski definition) is 4. The van der Waals surface area contributed by atoms with Crippen molar-refractivity contribution in [3.05, 3.63) is 29.6 Å². The van der Waals surface area contributed by atoms with Crippen LogP contribution in [0.15, 0.2) is 18.2 Å². The normalized spacial score (nSPS) is 24.1. The molecule has 0 aliphatic carbocycles. The maximum atomic E-state index is 14.5. The molecule has 23 heavy (non-hydrogen) atoms. The lowest BCUT2D eigenvalue weighted by atomic mass is 9.78. The van der Waals surface area contributed by atoms with Crippen molar-refractivity contribution in [3.63, 3.8) is 0 Å². The second kappa shape index (κ2) is 6.17. The van der Waals surface area contributed by atoms with Crippen LogP contribution >= 0.6 is 0 Å². The number of benzene rings is 1. The Balaban J connectivity index is 1.72. The Morgan fingerprint density at radius 3 is 2.30 bits per heavy atom. The molecule has 0 spiro atoms. The summed E-state index contributed by atoms with van der Waals surface area (Å²) in [6, 6.07) is 5.33. The van der Waals surface area contributed by atoms with Gasteiger partial charge in [-0.15, -0.1) is 0 Å². The Hall–Kier alpha value is -0.945. The van der Waals surface area contributed by atoms with Gasteiger partial charge in [0.1, 0.15) is 5.82 Å². The minimum Gasteiger partial charge on any atom is -0.399 e. The summed E-state index contributed by atoms with van der Waals surface area (Å²) in [7, 11) is -0.511. The van der Waals surface area contributed by atoms with E-state index in [1.807, 2.05) is 39.8 Å². The summed E-state index contributed by atoms with van der Waals surface area (Å²) in [4.78, 5) is 2.27. The molecule has 0 amide bonds. The number of hydrogen-bond donors (Lipinski definition) is 1. The smallest absolute Gasteiger partial charge is 0.399 e. The van der Waals surface area contributed by atoms with Crippen molar-refractivity contribution in [3.8, 4) is 0 Å². The summed E-state index contributed by atoms with van der Waals surface area (Å²) in [6.07, 6.45) is 0. The molecule has 2 fully saturated rings. The number of nitrogens with one attached hydrogen (secondary N) is 1. The number of piperazine rings is 1. The highest BCUT2D eigenvalue weighted by Gasteiger charge is 2.51. The van der Waals surface area contributed by atoms with Gasteiger partial charge in [0.2, 0.25) is 0 Å². The maximum Gasteiger partial charge on any atom is 0.494 e. The van der Waals surface area contributed by atoms with Crippen molar-refractivity contribution in [1.29, 1.82) is 0 Å². The summed E-state index contributed by atoms with van der Waals surface area (Å²) in [5.41, 5.74) is 0.652. The first-order chi connectivity index (χ1) is 10.8. The highest BCUT2D eigenvalue weighted by Crippen LogP contribution is 2.36. The van der Waals surface area contributed by atoms with Gasteiger partial charge in [0, 0.05) is 38.3 Å². The van der Waals surface area contributed by atoms with E-state index in [1.165, 1.54) is 0 Å². The Morgan fingerprint density at radius 1 is 1.13 bits per heavy atom.